The summed E-state index contributed by atoms with van der Waals surface area (Å²) in [5.74, 6) is 1.22. The van der Waals surface area contributed by atoms with Crippen LogP contribution in [0, 0.1) is 6.92 Å². The van der Waals surface area contributed by atoms with Crippen molar-refractivity contribution in [2.45, 2.75) is 25.8 Å². The van der Waals surface area contributed by atoms with Crippen molar-refractivity contribution >= 4 is 11.9 Å². The monoisotopic (exact) mass is 417 g/mol. The van der Waals surface area contributed by atoms with Crippen molar-refractivity contribution in [3.05, 3.63) is 65.7 Å². The number of amides is 1. The standard InChI is InChI=1S/C24H27N5O2/c1-16-7-5-8-18(22(16)31-4)23(30)29-14-6-9-20(29)21-19(17-10-12-25-13-11-17)15-26-24(27-21)28(2)3/h5,7-8,10-13,15,20H,6,9,14H2,1-4H3. The zero-order chi connectivity index (χ0) is 22.0. The van der Waals surface area contributed by atoms with E-state index in [4.69, 9.17) is 9.72 Å². The van der Waals surface area contributed by atoms with Crippen LogP contribution in [0.25, 0.3) is 11.1 Å². The van der Waals surface area contributed by atoms with E-state index < -0.39 is 0 Å². The predicted octanol–water partition coefficient (Wildman–Crippen LogP) is 3.90. The summed E-state index contributed by atoms with van der Waals surface area (Å²) in [5.41, 5.74) is 4.30. The molecule has 7 heteroatoms. The van der Waals surface area contributed by atoms with Gasteiger partial charge >= 0.3 is 0 Å². The highest BCUT2D eigenvalue weighted by molar-refractivity contribution is 5.98. The van der Waals surface area contributed by atoms with Crippen LogP contribution in [-0.4, -0.2) is 53.5 Å². The first-order chi connectivity index (χ1) is 15.0. The molecule has 7 nitrogen and oxygen atoms in total. The zero-order valence-electron chi connectivity index (χ0n) is 18.4. The number of methoxy groups -OCH3 is 1. The van der Waals surface area contributed by atoms with Gasteiger partial charge in [0, 0.05) is 44.8 Å². The summed E-state index contributed by atoms with van der Waals surface area (Å²) in [6.45, 7) is 2.63. The molecule has 1 saturated heterocycles. The number of hydrogen-bond donors (Lipinski definition) is 0. The second-order valence-corrected chi connectivity index (χ2v) is 7.91. The van der Waals surface area contributed by atoms with Gasteiger partial charge in [0.2, 0.25) is 5.95 Å². The van der Waals surface area contributed by atoms with Crippen LogP contribution in [0.15, 0.2) is 48.9 Å². The average molecular weight is 418 g/mol. The van der Waals surface area contributed by atoms with E-state index in [1.807, 2.05) is 67.3 Å². The van der Waals surface area contributed by atoms with Crippen molar-refractivity contribution in [2.75, 3.05) is 32.6 Å². The molecule has 0 radical (unpaired) electrons. The maximum absolute atomic E-state index is 13.6. The maximum Gasteiger partial charge on any atom is 0.258 e. The number of rotatable bonds is 5. The summed E-state index contributed by atoms with van der Waals surface area (Å²) in [5, 5.41) is 0. The van der Waals surface area contributed by atoms with Gasteiger partial charge < -0.3 is 14.5 Å². The Balaban J connectivity index is 1.79. The highest BCUT2D eigenvalue weighted by Gasteiger charge is 2.35. The highest BCUT2D eigenvalue weighted by Crippen LogP contribution is 2.38. The summed E-state index contributed by atoms with van der Waals surface area (Å²) in [4.78, 5) is 30.9. The molecule has 1 amide bonds. The minimum atomic E-state index is -0.136. The lowest BCUT2D eigenvalue weighted by molar-refractivity contribution is 0.0729. The molecule has 0 N–H and O–H groups in total. The molecule has 1 aromatic carbocycles. The first-order valence-corrected chi connectivity index (χ1v) is 10.4. The second-order valence-electron chi connectivity index (χ2n) is 7.91. The van der Waals surface area contributed by atoms with E-state index in [2.05, 4.69) is 9.97 Å². The quantitative estimate of drug-likeness (QED) is 0.627. The molecule has 1 unspecified atom stereocenters. The number of aromatic nitrogens is 3. The second kappa shape index (κ2) is 8.71. The van der Waals surface area contributed by atoms with Gasteiger partial charge in [0.1, 0.15) is 5.75 Å². The van der Waals surface area contributed by atoms with E-state index in [1.165, 1.54) is 0 Å². The van der Waals surface area contributed by atoms with E-state index >= 15 is 0 Å². The normalized spacial score (nSPS) is 15.7. The van der Waals surface area contributed by atoms with Crippen LogP contribution in [0.5, 0.6) is 5.75 Å². The van der Waals surface area contributed by atoms with Gasteiger partial charge in [0.25, 0.3) is 5.91 Å². The van der Waals surface area contributed by atoms with Crippen molar-refractivity contribution in [1.29, 1.82) is 0 Å². The fourth-order valence-electron chi connectivity index (χ4n) is 4.15. The smallest absolute Gasteiger partial charge is 0.258 e. The minimum Gasteiger partial charge on any atom is -0.496 e. The van der Waals surface area contributed by atoms with Crippen LogP contribution in [0.3, 0.4) is 0 Å². The van der Waals surface area contributed by atoms with Gasteiger partial charge in [0.05, 0.1) is 24.4 Å². The van der Waals surface area contributed by atoms with Gasteiger partial charge in [-0.1, -0.05) is 12.1 Å². The molecule has 31 heavy (non-hydrogen) atoms. The molecular formula is C24H27N5O2. The molecule has 1 atom stereocenters. The maximum atomic E-state index is 13.6. The molecule has 3 heterocycles. The van der Waals surface area contributed by atoms with Gasteiger partial charge in [-0.25, -0.2) is 9.97 Å². The van der Waals surface area contributed by atoms with Crippen molar-refractivity contribution in [2.24, 2.45) is 0 Å². The zero-order valence-corrected chi connectivity index (χ0v) is 18.4. The molecule has 4 rings (SSSR count). The van der Waals surface area contributed by atoms with Gasteiger partial charge in [0.15, 0.2) is 0 Å². The molecule has 1 aliphatic heterocycles. The fourth-order valence-corrected chi connectivity index (χ4v) is 4.15. The number of ether oxygens (including phenoxy) is 1. The lowest BCUT2D eigenvalue weighted by atomic mass is 10.00. The molecule has 1 fully saturated rings. The lowest BCUT2D eigenvalue weighted by Crippen LogP contribution is -2.32. The Kier molecular flexibility index (Phi) is 5.84. The van der Waals surface area contributed by atoms with Gasteiger partial charge in [-0.05, 0) is 49.1 Å². The molecule has 160 valence electrons. The van der Waals surface area contributed by atoms with Gasteiger partial charge in [-0.3, -0.25) is 9.78 Å². The van der Waals surface area contributed by atoms with Crippen LogP contribution in [0.2, 0.25) is 0 Å². The van der Waals surface area contributed by atoms with E-state index in [0.717, 1.165) is 35.2 Å². The third kappa shape index (κ3) is 3.95. The topological polar surface area (TPSA) is 71.5 Å². The van der Waals surface area contributed by atoms with Crippen LogP contribution in [0.4, 0.5) is 5.95 Å². The Morgan fingerprint density at radius 3 is 2.68 bits per heavy atom. The first-order valence-electron chi connectivity index (χ1n) is 10.4. The number of anilines is 1. The number of carbonyl (C=O) groups excluding carboxylic acids is 1. The number of benzene rings is 1. The summed E-state index contributed by atoms with van der Waals surface area (Å²) >= 11 is 0. The number of pyridine rings is 1. The van der Waals surface area contributed by atoms with E-state index in [9.17, 15) is 4.79 Å². The molecule has 0 bridgehead atoms. The van der Waals surface area contributed by atoms with Gasteiger partial charge in [-0.15, -0.1) is 0 Å². The predicted molar refractivity (Wildman–Crippen MR) is 120 cm³/mol. The van der Waals surface area contributed by atoms with Crippen molar-refractivity contribution in [3.8, 4) is 16.9 Å². The van der Waals surface area contributed by atoms with Crippen LogP contribution in [0.1, 0.15) is 40.5 Å². The Bertz CT molecular complexity index is 1080. The molecule has 2 aromatic heterocycles. The molecule has 0 spiro atoms. The van der Waals surface area contributed by atoms with Crippen molar-refractivity contribution in [3.63, 3.8) is 0 Å². The fraction of sp³-hybridized carbons (Fsp3) is 0.333. The van der Waals surface area contributed by atoms with E-state index in [1.54, 1.807) is 19.5 Å². The highest BCUT2D eigenvalue weighted by atomic mass is 16.5. The Morgan fingerprint density at radius 1 is 1.19 bits per heavy atom. The summed E-state index contributed by atoms with van der Waals surface area (Å²) < 4.78 is 5.55. The first kappa shape index (κ1) is 20.8. The summed E-state index contributed by atoms with van der Waals surface area (Å²) in [6, 6.07) is 9.44. The van der Waals surface area contributed by atoms with Gasteiger partial charge in [-0.2, -0.15) is 0 Å². The average Bonchev–Trinajstić information content (AvgIpc) is 3.28. The number of hydrogen-bond acceptors (Lipinski definition) is 6. The van der Waals surface area contributed by atoms with E-state index in [-0.39, 0.29) is 11.9 Å². The minimum absolute atomic E-state index is 0.0336. The Labute approximate surface area is 182 Å². The number of para-hydroxylation sites is 1. The van der Waals surface area contributed by atoms with E-state index in [0.29, 0.717) is 23.8 Å². The molecule has 0 saturated carbocycles. The number of likely N-dealkylation sites (tertiary alicyclic amines) is 1. The largest absolute Gasteiger partial charge is 0.496 e. The Morgan fingerprint density at radius 2 is 1.97 bits per heavy atom. The molecular weight excluding hydrogens is 390 g/mol. The Hall–Kier alpha value is -3.48. The lowest BCUT2D eigenvalue weighted by Gasteiger charge is -2.27. The summed E-state index contributed by atoms with van der Waals surface area (Å²) in [6.07, 6.45) is 7.13. The van der Waals surface area contributed by atoms with Crippen molar-refractivity contribution in [1.82, 2.24) is 19.9 Å². The number of carbonyl (C=O) groups is 1. The third-order valence-corrected chi connectivity index (χ3v) is 5.67. The van der Waals surface area contributed by atoms with Crippen LogP contribution in [-0.2, 0) is 0 Å². The number of nitrogens with zero attached hydrogens (tertiary/aromatic N) is 5. The van der Waals surface area contributed by atoms with Crippen LogP contribution < -0.4 is 9.64 Å². The van der Waals surface area contributed by atoms with Crippen molar-refractivity contribution < 1.29 is 9.53 Å². The molecule has 0 aliphatic carbocycles. The number of aryl methyl sites for hydroxylation is 1. The third-order valence-electron chi connectivity index (χ3n) is 5.67. The van der Waals surface area contributed by atoms with Crippen LogP contribution >= 0.6 is 0 Å². The SMILES string of the molecule is COc1c(C)cccc1C(=O)N1CCCC1c1nc(N(C)C)ncc1-c1ccncc1. The molecule has 3 aromatic rings. The molecule has 1 aliphatic rings. The summed E-state index contributed by atoms with van der Waals surface area (Å²) in [7, 11) is 5.44.